The highest BCUT2D eigenvalue weighted by Crippen LogP contribution is 2.20. The van der Waals surface area contributed by atoms with Gasteiger partial charge in [-0.2, -0.15) is 5.10 Å². The molecule has 0 saturated carbocycles. The lowest BCUT2D eigenvalue weighted by atomic mass is 10.0. The van der Waals surface area contributed by atoms with E-state index in [1.165, 1.54) is 9.13 Å². The highest BCUT2D eigenvalue weighted by atomic mass is 127. The minimum Gasteiger partial charge on any atom is -0.310 e. The molecule has 1 N–H and O–H groups in total. The van der Waals surface area contributed by atoms with E-state index < -0.39 is 0 Å². The average molecular weight is 384 g/mol. The van der Waals surface area contributed by atoms with Crippen LogP contribution < -0.4 is 5.32 Å². The summed E-state index contributed by atoms with van der Waals surface area (Å²) in [5, 5.41) is 7.86. The summed E-state index contributed by atoms with van der Waals surface area (Å²) in [7, 11) is 0. The monoisotopic (exact) mass is 384 g/mol. The summed E-state index contributed by atoms with van der Waals surface area (Å²) in [4.78, 5) is 4.42. The first-order chi connectivity index (χ1) is 9.61. The Hall–Kier alpha value is -0.950. The molecule has 5 heteroatoms. The fourth-order valence-electron chi connectivity index (χ4n) is 2.31. The summed E-state index contributed by atoms with van der Waals surface area (Å²) in [6.45, 7) is 7.33. The maximum absolute atomic E-state index is 4.42. The van der Waals surface area contributed by atoms with Crippen LogP contribution in [0.25, 0.3) is 0 Å². The zero-order valence-corrected chi connectivity index (χ0v) is 14.3. The molecule has 0 aliphatic carbocycles. The molecule has 1 atom stereocenters. The zero-order valence-electron chi connectivity index (χ0n) is 12.2. The van der Waals surface area contributed by atoms with Gasteiger partial charge in [-0.3, -0.25) is 0 Å². The van der Waals surface area contributed by atoms with Crippen LogP contribution in [-0.4, -0.2) is 21.3 Å². The summed E-state index contributed by atoms with van der Waals surface area (Å²) in [6, 6.07) is 9.23. The van der Waals surface area contributed by atoms with E-state index in [1.807, 2.05) is 4.68 Å². The molecule has 4 nitrogen and oxygen atoms in total. The third-order valence-electron chi connectivity index (χ3n) is 3.22. The predicted molar refractivity (Wildman–Crippen MR) is 89.7 cm³/mol. The normalized spacial score (nSPS) is 12.8. The Bertz CT molecular complexity index is 550. The van der Waals surface area contributed by atoms with Crippen molar-refractivity contribution >= 4 is 22.6 Å². The quantitative estimate of drug-likeness (QED) is 0.777. The average Bonchev–Trinajstić information content (AvgIpc) is 2.86. The first-order valence-electron chi connectivity index (χ1n) is 6.99. The second-order valence-corrected chi connectivity index (χ2v) is 6.33. The molecule has 20 heavy (non-hydrogen) atoms. The lowest BCUT2D eigenvalue weighted by molar-refractivity contribution is 0.468. The third-order valence-corrected chi connectivity index (χ3v) is 3.90. The Morgan fingerprint density at radius 2 is 2.15 bits per heavy atom. The molecule has 1 unspecified atom stereocenters. The molecule has 0 aliphatic rings. The number of hydrogen-bond acceptors (Lipinski definition) is 3. The van der Waals surface area contributed by atoms with Crippen molar-refractivity contribution in [2.24, 2.45) is 0 Å². The van der Waals surface area contributed by atoms with Crippen molar-refractivity contribution in [1.29, 1.82) is 0 Å². The summed E-state index contributed by atoms with van der Waals surface area (Å²) >= 11 is 2.35. The molecule has 2 rings (SSSR count). The number of halogens is 1. The van der Waals surface area contributed by atoms with E-state index in [0.717, 1.165) is 18.8 Å². The number of nitrogens with one attached hydrogen (secondary N) is 1. The molecule has 0 saturated heterocycles. The molecule has 0 spiro atoms. The molecule has 0 amide bonds. The van der Waals surface area contributed by atoms with Gasteiger partial charge in [0.2, 0.25) is 0 Å². The number of benzene rings is 1. The van der Waals surface area contributed by atoms with Gasteiger partial charge in [0, 0.05) is 22.1 Å². The summed E-state index contributed by atoms with van der Waals surface area (Å²) in [6.07, 6.45) is 2.50. The Morgan fingerprint density at radius 1 is 1.35 bits per heavy atom. The van der Waals surface area contributed by atoms with Crippen molar-refractivity contribution in [3.8, 4) is 0 Å². The van der Waals surface area contributed by atoms with Gasteiger partial charge in [0.15, 0.2) is 0 Å². The van der Waals surface area contributed by atoms with Gasteiger partial charge in [-0.05, 0) is 60.7 Å². The van der Waals surface area contributed by atoms with Crippen molar-refractivity contribution in [3.05, 3.63) is 45.6 Å². The van der Waals surface area contributed by atoms with Crippen LogP contribution in [0, 0.1) is 3.57 Å². The fraction of sp³-hybridized carbons (Fsp3) is 0.467. The molecule has 0 aliphatic heterocycles. The van der Waals surface area contributed by atoms with Gasteiger partial charge in [0.25, 0.3) is 0 Å². The maximum atomic E-state index is 4.42. The molecule has 2 aromatic rings. The van der Waals surface area contributed by atoms with Crippen LogP contribution in [0.15, 0.2) is 30.6 Å². The lowest BCUT2D eigenvalue weighted by Crippen LogP contribution is -2.25. The summed E-state index contributed by atoms with van der Waals surface area (Å²) in [5.74, 6) is 1.03. The van der Waals surface area contributed by atoms with Crippen molar-refractivity contribution in [3.63, 3.8) is 0 Å². The van der Waals surface area contributed by atoms with E-state index in [-0.39, 0.29) is 6.04 Å². The van der Waals surface area contributed by atoms with Crippen LogP contribution >= 0.6 is 22.6 Å². The van der Waals surface area contributed by atoms with Crippen molar-refractivity contribution in [2.75, 3.05) is 6.54 Å². The molecule has 0 bridgehead atoms. The Kier molecular flexibility index (Phi) is 5.54. The van der Waals surface area contributed by atoms with E-state index in [9.17, 15) is 0 Å². The van der Waals surface area contributed by atoms with Crippen LogP contribution in [0.4, 0.5) is 0 Å². The van der Waals surface area contributed by atoms with E-state index in [2.05, 4.69) is 83.0 Å². The van der Waals surface area contributed by atoms with Gasteiger partial charge in [-0.25, -0.2) is 9.67 Å². The highest BCUT2D eigenvalue weighted by molar-refractivity contribution is 14.1. The van der Waals surface area contributed by atoms with E-state index in [1.54, 1.807) is 6.33 Å². The predicted octanol–water partition coefficient (Wildman–Crippen LogP) is 3.36. The molecule has 108 valence electrons. The minimum atomic E-state index is 0.274. The van der Waals surface area contributed by atoms with Gasteiger partial charge in [-0.1, -0.05) is 19.1 Å². The van der Waals surface area contributed by atoms with Crippen LogP contribution in [0.5, 0.6) is 0 Å². The first-order valence-corrected chi connectivity index (χ1v) is 8.07. The topological polar surface area (TPSA) is 42.7 Å². The summed E-state index contributed by atoms with van der Waals surface area (Å²) in [5.41, 5.74) is 1.30. The highest BCUT2D eigenvalue weighted by Gasteiger charge is 2.16. The molecule has 0 radical (unpaired) electrons. The molecule has 1 aromatic carbocycles. The molecular weight excluding hydrogens is 363 g/mol. The van der Waals surface area contributed by atoms with Gasteiger partial charge in [0.05, 0.1) is 0 Å². The number of rotatable bonds is 6. The van der Waals surface area contributed by atoms with Gasteiger partial charge >= 0.3 is 0 Å². The fourth-order valence-corrected chi connectivity index (χ4v) is 2.88. The number of hydrogen-bond donors (Lipinski definition) is 1. The van der Waals surface area contributed by atoms with Gasteiger partial charge < -0.3 is 5.32 Å². The molecule has 1 heterocycles. The van der Waals surface area contributed by atoms with Crippen LogP contribution in [0.1, 0.15) is 44.2 Å². The second kappa shape index (κ2) is 7.17. The van der Waals surface area contributed by atoms with Crippen molar-refractivity contribution < 1.29 is 0 Å². The number of likely N-dealkylation sites (N-methyl/N-ethyl adjacent to an activating group) is 1. The minimum absolute atomic E-state index is 0.274. The largest absolute Gasteiger partial charge is 0.310 e. The Balaban J connectivity index is 2.23. The first kappa shape index (κ1) is 15.4. The Morgan fingerprint density at radius 3 is 2.80 bits per heavy atom. The van der Waals surface area contributed by atoms with Gasteiger partial charge in [0.1, 0.15) is 12.2 Å². The van der Waals surface area contributed by atoms with Crippen molar-refractivity contribution in [2.45, 2.75) is 39.3 Å². The van der Waals surface area contributed by atoms with E-state index in [0.29, 0.717) is 6.04 Å². The van der Waals surface area contributed by atoms with Crippen LogP contribution in [0.2, 0.25) is 0 Å². The van der Waals surface area contributed by atoms with E-state index in [4.69, 9.17) is 0 Å². The Labute approximate surface area is 134 Å². The number of nitrogens with zero attached hydrogens (tertiary/aromatic N) is 3. The van der Waals surface area contributed by atoms with E-state index >= 15 is 0 Å². The number of aromatic nitrogens is 3. The smallest absolute Gasteiger partial charge is 0.138 e. The molecule has 1 aromatic heterocycles. The molecular formula is C15H21IN4. The third kappa shape index (κ3) is 3.79. The SMILES string of the molecule is CCNC(Cc1ncnn1C(C)C)c1cccc(I)c1. The standard InChI is InChI=1S/C15H21IN4/c1-4-17-14(12-6-5-7-13(16)8-12)9-15-18-10-19-20(15)11(2)3/h5-8,10-11,14,17H,4,9H2,1-3H3. The molecule has 0 fully saturated rings. The van der Waals surface area contributed by atoms with Crippen LogP contribution in [0.3, 0.4) is 0 Å². The van der Waals surface area contributed by atoms with Crippen LogP contribution in [-0.2, 0) is 6.42 Å². The van der Waals surface area contributed by atoms with Gasteiger partial charge in [-0.15, -0.1) is 0 Å². The van der Waals surface area contributed by atoms with Crippen molar-refractivity contribution in [1.82, 2.24) is 20.1 Å². The lowest BCUT2D eigenvalue weighted by Gasteiger charge is -2.19. The summed E-state index contributed by atoms with van der Waals surface area (Å²) < 4.78 is 3.26. The second-order valence-electron chi connectivity index (χ2n) is 5.08. The zero-order chi connectivity index (χ0) is 14.5. The maximum Gasteiger partial charge on any atom is 0.138 e.